The van der Waals surface area contributed by atoms with E-state index in [1.807, 2.05) is 30.5 Å². The number of hydrogen-bond acceptors (Lipinski definition) is 8. The number of fused-ring (bicyclic) bond motifs is 1. The Bertz CT molecular complexity index is 1170. The first-order chi connectivity index (χ1) is 19.1. The van der Waals surface area contributed by atoms with Crippen LogP contribution in [-0.4, -0.2) is 82.4 Å². The quantitative estimate of drug-likeness (QED) is 0.105. The molecular formula is C26H39N7O6S. The molecule has 0 fully saturated rings. The highest BCUT2D eigenvalue weighted by atomic mass is 32.2. The minimum atomic E-state index is -1.25. The molecule has 0 bridgehead atoms. The molecule has 14 heteroatoms. The number of thioether (sulfide) groups is 1. The van der Waals surface area contributed by atoms with Crippen molar-refractivity contribution >= 4 is 52.3 Å². The second kappa shape index (κ2) is 16.5. The minimum absolute atomic E-state index is 0.0265. The molecule has 1 aromatic carbocycles. The van der Waals surface area contributed by atoms with Crippen LogP contribution < -0.4 is 33.2 Å². The summed E-state index contributed by atoms with van der Waals surface area (Å²) in [5.74, 6) is -3.50. The van der Waals surface area contributed by atoms with E-state index in [0.717, 1.165) is 16.5 Å². The highest BCUT2D eigenvalue weighted by Crippen LogP contribution is 2.19. The highest BCUT2D eigenvalue weighted by Gasteiger charge is 2.30. The van der Waals surface area contributed by atoms with Crippen LogP contribution in [0.5, 0.6) is 0 Å². The molecule has 2 rings (SSSR count). The maximum atomic E-state index is 13.3. The second-order valence-corrected chi connectivity index (χ2v) is 10.4. The fraction of sp³-hybridized carbons (Fsp3) is 0.500. The smallest absolute Gasteiger partial charge is 0.326 e. The Morgan fingerprint density at radius 3 is 2.20 bits per heavy atom. The van der Waals surface area contributed by atoms with Crippen molar-refractivity contribution in [2.75, 3.05) is 18.6 Å². The average Bonchev–Trinajstić information content (AvgIpc) is 3.32. The molecule has 0 aliphatic rings. The first-order valence-corrected chi connectivity index (χ1v) is 14.4. The van der Waals surface area contributed by atoms with E-state index in [2.05, 4.69) is 20.9 Å². The van der Waals surface area contributed by atoms with Gasteiger partial charge in [-0.2, -0.15) is 11.8 Å². The summed E-state index contributed by atoms with van der Waals surface area (Å²) in [5, 5.41) is 18.4. The average molecular weight is 578 g/mol. The SMILES string of the molecule is CSCCC(NC(=O)C(N)CC(N)=O)C(=O)NC(CCCCN)C(=O)NC(Cc1c[nH]c2ccccc12)C(=O)O. The number of primary amides is 1. The van der Waals surface area contributed by atoms with E-state index in [9.17, 15) is 29.1 Å². The van der Waals surface area contributed by atoms with Crippen LogP contribution in [0.2, 0.25) is 0 Å². The summed E-state index contributed by atoms with van der Waals surface area (Å²) < 4.78 is 0. The summed E-state index contributed by atoms with van der Waals surface area (Å²) in [4.78, 5) is 65.2. The Labute approximate surface area is 236 Å². The lowest BCUT2D eigenvalue weighted by atomic mass is 10.0. The van der Waals surface area contributed by atoms with Gasteiger partial charge in [0, 0.05) is 23.5 Å². The predicted octanol–water partition coefficient (Wildman–Crippen LogP) is -0.666. The van der Waals surface area contributed by atoms with Crippen molar-refractivity contribution in [3.05, 3.63) is 36.0 Å². The number of nitrogens with one attached hydrogen (secondary N) is 4. The van der Waals surface area contributed by atoms with Crippen molar-refractivity contribution in [3.63, 3.8) is 0 Å². The third kappa shape index (κ3) is 10.2. The molecule has 4 atom stereocenters. The number of aromatic nitrogens is 1. The van der Waals surface area contributed by atoms with Crippen LogP contribution in [-0.2, 0) is 30.4 Å². The van der Waals surface area contributed by atoms with Gasteiger partial charge in [0.2, 0.25) is 23.6 Å². The number of carbonyl (C=O) groups is 5. The molecule has 1 heterocycles. The van der Waals surface area contributed by atoms with Gasteiger partial charge in [0.05, 0.1) is 12.5 Å². The van der Waals surface area contributed by atoms with Crippen LogP contribution >= 0.6 is 11.8 Å². The number of rotatable bonds is 18. The lowest BCUT2D eigenvalue weighted by molar-refractivity contribution is -0.142. The van der Waals surface area contributed by atoms with E-state index < -0.39 is 53.8 Å². The third-order valence-corrected chi connectivity index (χ3v) is 6.94. The van der Waals surface area contributed by atoms with Crippen molar-refractivity contribution in [3.8, 4) is 0 Å². The van der Waals surface area contributed by atoms with Gasteiger partial charge in [0.25, 0.3) is 0 Å². The van der Waals surface area contributed by atoms with Crippen molar-refractivity contribution in [1.82, 2.24) is 20.9 Å². The minimum Gasteiger partial charge on any atom is -0.480 e. The molecule has 0 saturated carbocycles. The van der Waals surface area contributed by atoms with Gasteiger partial charge in [-0.05, 0) is 55.9 Å². The van der Waals surface area contributed by atoms with Crippen LogP contribution in [0, 0.1) is 0 Å². The number of unbranched alkanes of at least 4 members (excludes halogenated alkanes) is 1. The fourth-order valence-electron chi connectivity index (χ4n) is 4.12. The molecule has 0 saturated heterocycles. The monoisotopic (exact) mass is 577 g/mol. The second-order valence-electron chi connectivity index (χ2n) is 9.43. The standard InChI is InChI=1S/C26H39N7O6S/c1-40-11-9-20(31-23(35)17(28)13-22(29)34)25(37)32-19(8-4-5-10-27)24(36)33-21(26(38)39)12-15-14-30-18-7-3-2-6-16(15)18/h2-3,6-7,14,17,19-21,30H,4-5,8-13,27-28H2,1H3,(H2,29,34)(H,31,35)(H,32,37)(H,33,36)(H,38,39). The molecule has 0 radical (unpaired) electrons. The molecule has 4 unspecified atom stereocenters. The van der Waals surface area contributed by atoms with E-state index in [-0.39, 0.29) is 25.7 Å². The van der Waals surface area contributed by atoms with Gasteiger partial charge in [0.1, 0.15) is 18.1 Å². The van der Waals surface area contributed by atoms with Gasteiger partial charge in [-0.15, -0.1) is 0 Å². The van der Waals surface area contributed by atoms with Gasteiger partial charge >= 0.3 is 5.97 Å². The Morgan fingerprint density at radius 2 is 1.57 bits per heavy atom. The number of aromatic amines is 1. The molecule has 4 amide bonds. The van der Waals surface area contributed by atoms with Crippen LogP contribution in [0.4, 0.5) is 0 Å². The van der Waals surface area contributed by atoms with Crippen molar-refractivity contribution < 1.29 is 29.1 Å². The highest BCUT2D eigenvalue weighted by molar-refractivity contribution is 7.98. The third-order valence-electron chi connectivity index (χ3n) is 6.29. The maximum absolute atomic E-state index is 13.3. The molecule has 0 aliphatic heterocycles. The van der Waals surface area contributed by atoms with E-state index in [4.69, 9.17) is 17.2 Å². The number of carboxylic acids is 1. The zero-order valence-electron chi connectivity index (χ0n) is 22.5. The van der Waals surface area contributed by atoms with E-state index in [0.29, 0.717) is 25.1 Å². The summed E-state index contributed by atoms with van der Waals surface area (Å²) in [6, 6.07) is 2.82. The molecule has 1 aromatic heterocycles. The van der Waals surface area contributed by atoms with E-state index in [1.165, 1.54) is 11.8 Å². The van der Waals surface area contributed by atoms with Crippen LogP contribution in [0.3, 0.4) is 0 Å². The van der Waals surface area contributed by atoms with Gasteiger partial charge in [0.15, 0.2) is 0 Å². The zero-order valence-corrected chi connectivity index (χ0v) is 23.3. The Morgan fingerprint density at radius 1 is 0.950 bits per heavy atom. The summed E-state index contributed by atoms with van der Waals surface area (Å²) >= 11 is 1.45. The topological polar surface area (TPSA) is 236 Å². The normalized spacial score (nSPS) is 14.1. The first-order valence-electron chi connectivity index (χ1n) is 13.0. The van der Waals surface area contributed by atoms with Crippen LogP contribution in [0.1, 0.15) is 37.7 Å². The van der Waals surface area contributed by atoms with Crippen LogP contribution in [0.25, 0.3) is 10.9 Å². The number of nitrogens with two attached hydrogens (primary N) is 3. The molecular weight excluding hydrogens is 538 g/mol. The van der Waals surface area contributed by atoms with Crippen molar-refractivity contribution in [1.29, 1.82) is 0 Å². The number of aliphatic carboxylic acids is 1. The Hall–Kier alpha value is -3.62. The largest absolute Gasteiger partial charge is 0.480 e. The summed E-state index contributed by atoms with van der Waals surface area (Å²) in [5.41, 5.74) is 18.0. The van der Waals surface area contributed by atoms with Crippen molar-refractivity contribution in [2.24, 2.45) is 17.2 Å². The van der Waals surface area contributed by atoms with Crippen molar-refractivity contribution in [2.45, 2.75) is 62.7 Å². The van der Waals surface area contributed by atoms with E-state index >= 15 is 0 Å². The van der Waals surface area contributed by atoms with Gasteiger partial charge in [-0.1, -0.05) is 18.2 Å². The summed E-state index contributed by atoms with van der Waals surface area (Å²) in [7, 11) is 0. The number of H-pyrrole nitrogens is 1. The van der Waals surface area contributed by atoms with Gasteiger partial charge in [-0.3, -0.25) is 19.2 Å². The predicted molar refractivity (Wildman–Crippen MR) is 153 cm³/mol. The first kappa shape index (κ1) is 32.6. The van der Waals surface area contributed by atoms with E-state index in [1.54, 1.807) is 6.20 Å². The lowest BCUT2D eigenvalue weighted by Crippen LogP contribution is -2.57. The molecule has 11 N–H and O–H groups in total. The maximum Gasteiger partial charge on any atom is 0.326 e. The van der Waals surface area contributed by atoms with Gasteiger partial charge < -0.3 is 43.2 Å². The number of amides is 4. The number of benzene rings is 1. The van der Waals surface area contributed by atoms with Crippen LogP contribution in [0.15, 0.2) is 30.5 Å². The summed E-state index contributed by atoms with van der Waals surface area (Å²) in [6.45, 7) is 0.380. The lowest BCUT2D eigenvalue weighted by Gasteiger charge is -2.25. The Balaban J connectivity index is 2.17. The summed E-state index contributed by atoms with van der Waals surface area (Å²) in [6.07, 6.45) is 4.70. The number of para-hydroxylation sites is 1. The molecule has 0 aliphatic carbocycles. The molecule has 220 valence electrons. The zero-order chi connectivity index (χ0) is 29.7. The fourth-order valence-corrected chi connectivity index (χ4v) is 4.59. The van der Waals surface area contributed by atoms with Gasteiger partial charge in [-0.25, -0.2) is 4.79 Å². The molecule has 13 nitrogen and oxygen atoms in total. The Kier molecular flexibility index (Phi) is 13.4. The molecule has 2 aromatic rings. The number of carboxylic acid groups (broad SMARTS) is 1. The molecule has 0 spiro atoms. The number of carbonyl (C=O) groups excluding carboxylic acids is 4. The number of hydrogen-bond donors (Lipinski definition) is 8. The molecule has 40 heavy (non-hydrogen) atoms.